The Kier molecular flexibility index (Phi) is 3.09. The summed E-state index contributed by atoms with van der Waals surface area (Å²) in [6, 6.07) is 6.42. The number of aromatic nitrogens is 1. The summed E-state index contributed by atoms with van der Waals surface area (Å²) in [6.45, 7) is 0.307. The number of rotatable bonds is 3. The Morgan fingerprint density at radius 2 is 2.29 bits per heavy atom. The van der Waals surface area contributed by atoms with Crippen LogP contribution in [0.2, 0.25) is 0 Å². The molecule has 2 heterocycles. The van der Waals surface area contributed by atoms with Gasteiger partial charge in [-0.2, -0.15) is 0 Å². The summed E-state index contributed by atoms with van der Waals surface area (Å²) in [5, 5.41) is 2.67. The predicted molar refractivity (Wildman–Crippen MR) is 61.6 cm³/mol. The Morgan fingerprint density at radius 3 is 2.94 bits per heavy atom. The van der Waals surface area contributed by atoms with Crippen LogP contribution in [0, 0.1) is 0 Å². The van der Waals surface area contributed by atoms with Gasteiger partial charge >= 0.3 is 0 Å². The van der Waals surface area contributed by atoms with Crippen LogP contribution in [0.1, 0.15) is 16.1 Å². The van der Waals surface area contributed by atoms with Crippen molar-refractivity contribution in [3.8, 4) is 0 Å². The molecule has 5 heteroatoms. The van der Waals surface area contributed by atoms with E-state index in [9.17, 15) is 9.59 Å². The van der Waals surface area contributed by atoms with Crippen molar-refractivity contribution in [3.63, 3.8) is 0 Å². The molecule has 1 N–H and O–H groups in total. The molecule has 0 bridgehead atoms. The van der Waals surface area contributed by atoms with E-state index in [0.29, 0.717) is 17.9 Å². The van der Waals surface area contributed by atoms with Crippen molar-refractivity contribution < 1.29 is 9.21 Å². The molecule has 2 rings (SSSR count). The number of amides is 1. The number of carbonyl (C=O) groups is 1. The zero-order chi connectivity index (χ0) is 12.3. The molecule has 0 saturated carbocycles. The fourth-order valence-corrected chi connectivity index (χ4v) is 1.37. The molecular weight excluding hydrogens is 220 g/mol. The molecule has 0 aromatic carbocycles. The van der Waals surface area contributed by atoms with Crippen LogP contribution in [0.25, 0.3) is 0 Å². The predicted octanol–water partition coefficient (Wildman–Crippen LogP) is 0.908. The minimum atomic E-state index is -0.292. The number of hydrogen-bond donors (Lipinski definition) is 1. The Balaban J connectivity index is 2.04. The molecule has 2 aromatic heterocycles. The van der Waals surface area contributed by atoms with E-state index in [1.807, 2.05) is 0 Å². The van der Waals surface area contributed by atoms with Crippen LogP contribution in [-0.4, -0.2) is 10.5 Å². The van der Waals surface area contributed by atoms with E-state index in [1.165, 1.54) is 10.6 Å². The largest absolute Gasteiger partial charge is 0.467 e. The van der Waals surface area contributed by atoms with E-state index in [2.05, 4.69) is 5.32 Å². The van der Waals surface area contributed by atoms with Gasteiger partial charge in [-0.25, -0.2) is 0 Å². The molecule has 0 fully saturated rings. The highest BCUT2D eigenvalue weighted by Gasteiger charge is 2.06. The summed E-state index contributed by atoms with van der Waals surface area (Å²) in [4.78, 5) is 23.0. The molecule has 2 aromatic rings. The maximum atomic E-state index is 11.7. The quantitative estimate of drug-likeness (QED) is 0.855. The lowest BCUT2D eigenvalue weighted by Gasteiger charge is -2.03. The molecular formula is C12H12N2O3. The van der Waals surface area contributed by atoms with Crippen LogP contribution in [0.15, 0.2) is 45.9 Å². The molecule has 0 aliphatic rings. The second kappa shape index (κ2) is 4.69. The van der Waals surface area contributed by atoms with Crippen LogP contribution < -0.4 is 10.9 Å². The molecule has 17 heavy (non-hydrogen) atoms. The van der Waals surface area contributed by atoms with Crippen molar-refractivity contribution in [2.45, 2.75) is 6.54 Å². The minimum absolute atomic E-state index is 0.212. The van der Waals surface area contributed by atoms with E-state index in [-0.39, 0.29) is 11.5 Å². The molecule has 0 unspecified atom stereocenters. The summed E-state index contributed by atoms with van der Waals surface area (Å²) < 4.78 is 6.49. The van der Waals surface area contributed by atoms with Crippen molar-refractivity contribution in [2.75, 3.05) is 0 Å². The molecule has 0 atom stereocenters. The molecule has 88 valence electrons. The monoisotopic (exact) mass is 232 g/mol. The molecule has 1 amide bonds. The zero-order valence-corrected chi connectivity index (χ0v) is 9.34. The number of nitrogens with one attached hydrogen (secondary N) is 1. The zero-order valence-electron chi connectivity index (χ0n) is 9.34. The average Bonchev–Trinajstić information content (AvgIpc) is 2.82. The molecule has 0 saturated heterocycles. The third-order valence-corrected chi connectivity index (χ3v) is 2.37. The maximum Gasteiger partial charge on any atom is 0.251 e. The number of carbonyl (C=O) groups excluding carboxylic acids is 1. The first-order valence-corrected chi connectivity index (χ1v) is 5.14. The lowest BCUT2D eigenvalue weighted by Crippen LogP contribution is -2.25. The SMILES string of the molecule is Cn1ccc(C(=O)NCc2ccco2)cc1=O. The fourth-order valence-electron chi connectivity index (χ4n) is 1.37. The highest BCUT2D eigenvalue weighted by molar-refractivity contribution is 5.93. The Labute approximate surface area is 97.7 Å². The lowest BCUT2D eigenvalue weighted by molar-refractivity contribution is 0.0947. The Hall–Kier alpha value is -2.30. The standard InChI is InChI=1S/C12H12N2O3/c1-14-5-4-9(7-11(14)15)12(16)13-8-10-3-2-6-17-10/h2-7H,8H2,1H3,(H,13,16). The summed E-state index contributed by atoms with van der Waals surface area (Å²) in [6.07, 6.45) is 3.10. The number of aryl methyl sites for hydroxylation is 1. The van der Waals surface area contributed by atoms with Gasteiger partial charge in [-0.05, 0) is 18.2 Å². The van der Waals surface area contributed by atoms with Gasteiger partial charge in [0.1, 0.15) is 5.76 Å². The molecule has 0 aliphatic carbocycles. The van der Waals surface area contributed by atoms with Crippen LogP contribution >= 0.6 is 0 Å². The normalized spacial score (nSPS) is 10.2. The van der Waals surface area contributed by atoms with Crippen molar-refractivity contribution >= 4 is 5.91 Å². The van der Waals surface area contributed by atoms with Gasteiger partial charge in [0.05, 0.1) is 12.8 Å². The van der Waals surface area contributed by atoms with Crippen molar-refractivity contribution in [2.24, 2.45) is 7.05 Å². The topological polar surface area (TPSA) is 64.2 Å². The van der Waals surface area contributed by atoms with Crippen molar-refractivity contribution in [3.05, 3.63) is 58.4 Å². The van der Waals surface area contributed by atoms with Crippen molar-refractivity contribution in [1.82, 2.24) is 9.88 Å². The van der Waals surface area contributed by atoms with Gasteiger partial charge in [0.15, 0.2) is 0 Å². The van der Waals surface area contributed by atoms with E-state index in [0.717, 1.165) is 0 Å². The molecule has 0 aliphatic heterocycles. The average molecular weight is 232 g/mol. The number of furan rings is 1. The summed E-state index contributed by atoms with van der Waals surface area (Å²) >= 11 is 0. The Bertz CT molecular complexity index is 570. The Morgan fingerprint density at radius 1 is 1.47 bits per heavy atom. The summed E-state index contributed by atoms with van der Waals surface area (Å²) in [5.41, 5.74) is 0.135. The third kappa shape index (κ3) is 2.63. The third-order valence-electron chi connectivity index (χ3n) is 2.37. The van der Waals surface area contributed by atoms with Gasteiger partial charge in [0.25, 0.3) is 11.5 Å². The van der Waals surface area contributed by atoms with Gasteiger partial charge in [0.2, 0.25) is 0 Å². The lowest BCUT2D eigenvalue weighted by atomic mass is 10.2. The van der Waals surface area contributed by atoms with Crippen LogP contribution in [0.5, 0.6) is 0 Å². The maximum absolute atomic E-state index is 11.7. The smallest absolute Gasteiger partial charge is 0.251 e. The first-order chi connectivity index (χ1) is 8.16. The molecule has 0 radical (unpaired) electrons. The van der Waals surface area contributed by atoms with Gasteiger partial charge in [-0.15, -0.1) is 0 Å². The second-order valence-electron chi connectivity index (χ2n) is 3.63. The second-order valence-corrected chi connectivity index (χ2v) is 3.63. The van der Waals surface area contributed by atoms with E-state index < -0.39 is 0 Å². The van der Waals surface area contributed by atoms with E-state index >= 15 is 0 Å². The van der Waals surface area contributed by atoms with E-state index in [4.69, 9.17) is 4.42 Å². The minimum Gasteiger partial charge on any atom is -0.467 e. The van der Waals surface area contributed by atoms with Gasteiger partial charge in [0, 0.05) is 24.9 Å². The van der Waals surface area contributed by atoms with Crippen LogP contribution in [-0.2, 0) is 13.6 Å². The van der Waals surface area contributed by atoms with E-state index in [1.54, 1.807) is 37.7 Å². The van der Waals surface area contributed by atoms with Crippen LogP contribution in [0.3, 0.4) is 0 Å². The fraction of sp³-hybridized carbons (Fsp3) is 0.167. The van der Waals surface area contributed by atoms with Gasteiger partial charge in [-0.1, -0.05) is 0 Å². The highest BCUT2D eigenvalue weighted by Crippen LogP contribution is 2.00. The van der Waals surface area contributed by atoms with Gasteiger partial charge in [-0.3, -0.25) is 9.59 Å². The number of hydrogen-bond acceptors (Lipinski definition) is 3. The molecule has 0 spiro atoms. The first-order valence-electron chi connectivity index (χ1n) is 5.14. The summed E-state index contributed by atoms with van der Waals surface area (Å²) in [7, 11) is 1.63. The number of pyridine rings is 1. The molecule has 5 nitrogen and oxygen atoms in total. The highest BCUT2D eigenvalue weighted by atomic mass is 16.3. The van der Waals surface area contributed by atoms with Crippen LogP contribution in [0.4, 0.5) is 0 Å². The number of nitrogens with zero attached hydrogens (tertiary/aromatic N) is 1. The summed E-state index contributed by atoms with van der Waals surface area (Å²) in [5.74, 6) is 0.376. The van der Waals surface area contributed by atoms with Crippen molar-refractivity contribution in [1.29, 1.82) is 0 Å². The van der Waals surface area contributed by atoms with Gasteiger partial charge < -0.3 is 14.3 Å². The first kappa shape index (κ1) is 11.2.